The molecule has 0 saturated heterocycles. The summed E-state index contributed by atoms with van der Waals surface area (Å²) in [6.07, 6.45) is 0. The highest BCUT2D eigenvalue weighted by atomic mass is 32.1. The monoisotopic (exact) mass is 989 g/mol. The lowest BCUT2D eigenvalue weighted by Crippen LogP contribution is -2.26. The summed E-state index contributed by atoms with van der Waals surface area (Å²) in [6, 6.07) is 91.9. The first-order valence-electron chi connectivity index (χ1n) is 28.2. The van der Waals surface area contributed by atoms with Crippen molar-refractivity contribution >= 4 is 65.6 Å². The van der Waals surface area contributed by atoms with Crippen molar-refractivity contribution in [1.29, 1.82) is 0 Å². The van der Waals surface area contributed by atoms with Crippen molar-refractivity contribution in [3.05, 3.63) is 313 Å². The van der Waals surface area contributed by atoms with E-state index in [2.05, 4.69) is 228 Å². The molecule has 0 aliphatic heterocycles. The van der Waals surface area contributed by atoms with Crippen LogP contribution in [0.25, 0.3) is 75.8 Å². The predicted molar refractivity (Wildman–Crippen MR) is 321 cm³/mol. The number of fused-ring (bicyclic) bond motifs is 13. The maximum absolute atomic E-state index is 8.83. The smallest absolute Gasteiger partial charge is 0.0726 e. The number of hydrogen-bond donors (Lipinski definition) is 0. The third-order valence-corrected chi connectivity index (χ3v) is 16.7. The van der Waals surface area contributed by atoms with Gasteiger partial charge in [-0.15, -0.1) is 11.3 Å². The zero-order valence-corrected chi connectivity index (χ0v) is 41.9. The third-order valence-electron chi connectivity index (χ3n) is 15.5. The lowest BCUT2D eigenvalue weighted by atomic mass is 9.70. The molecule has 76 heavy (non-hydrogen) atoms. The van der Waals surface area contributed by atoms with E-state index in [4.69, 9.17) is 6.85 Å². The highest BCUT2D eigenvalue weighted by Gasteiger charge is 2.51. The Labute approximate surface area is 454 Å². The van der Waals surface area contributed by atoms with Gasteiger partial charge >= 0.3 is 0 Å². The molecule has 0 fully saturated rings. The largest absolute Gasteiger partial charge is 0.310 e. The second-order valence-corrected chi connectivity index (χ2v) is 20.7. The summed E-state index contributed by atoms with van der Waals surface area (Å²) in [5.41, 5.74) is 20.2. The van der Waals surface area contributed by atoms with Crippen LogP contribution in [0.4, 0.5) is 34.1 Å². The van der Waals surface area contributed by atoms with E-state index in [0.717, 1.165) is 50.8 Å². The van der Waals surface area contributed by atoms with E-state index in [9.17, 15) is 0 Å². The Kier molecular flexibility index (Phi) is 9.16. The van der Waals surface area contributed by atoms with Gasteiger partial charge in [0, 0.05) is 54.3 Å². The molecule has 0 amide bonds. The average Bonchev–Trinajstić information content (AvgIpc) is 3.47. The van der Waals surface area contributed by atoms with E-state index in [1.165, 1.54) is 70.2 Å². The van der Waals surface area contributed by atoms with Crippen LogP contribution < -0.4 is 9.80 Å². The lowest BCUT2D eigenvalue weighted by Gasteiger charge is -2.33. The van der Waals surface area contributed by atoms with Gasteiger partial charge in [-0.3, -0.25) is 0 Å². The molecule has 1 spiro atoms. The van der Waals surface area contributed by atoms with Gasteiger partial charge in [0.25, 0.3) is 0 Å². The van der Waals surface area contributed by atoms with E-state index >= 15 is 0 Å². The van der Waals surface area contributed by atoms with Gasteiger partial charge in [0.15, 0.2) is 0 Å². The van der Waals surface area contributed by atoms with Crippen molar-refractivity contribution < 1.29 is 6.85 Å². The maximum Gasteiger partial charge on any atom is 0.0726 e. The summed E-state index contributed by atoms with van der Waals surface area (Å²) in [5, 5.41) is 2.51. The van der Waals surface area contributed by atoms with Crippen LogP contribution in [-0.2, 0) is 5.41 Å². The van der Waals surface area contributed by atoms with Gasteiger partial charge in [-0.05, 0) is 157 Å². The zero-order valence-electron chi connectivity index (χ0n) is 46.1. The molecule has 2 aliphatic carbocycles. The van der Waals surface area contributed by atoms with Gasteiger partial charge in [0.05, 0.1) is 12.3 Å². The standard InChI is InChI=1S/C73H48N2S/c1-4-20-49(21-5-1)50-38-40-56(41-39-50)74(54-24-6-2-7-25-54)58-45-53(51-22-18-23-52(44-51)60-32-19-33-66-65-31-13-17-37-71(65)76-72(60)66)46-59(47-58)75(55-26-8-3-9-27-55)57-42-43-64-63-30-12-16-36-69(63)73(70(64)48-57)67-34-14-10-28-61(67)62-29-11-15-35-68(62)73/h1-48H/i1D,4D,5D,20D,21D. The molecule has 0 unspecified atom stereocenters. The first-order valence-corrected chi connectivity index (χ1v) is 26.6. The van der Waals surface area contributed by atoms with E-state index in [1.54, 1.807) is 0 Å². The molecule has 0 bridgehead atoms. The fraction of sp³-hybridized carbons (Fsp3) is 0.0137. The average molecular weight is 990 g/mol. The Morgan fingerprint density at radius 3 is 1.45 bits per heavy atom. The van der Waals surface area contributed by atoms with E-state index in [0.29, 0.717) is 5.56 Å². The minimum Gasteiger partial charge on any atom is -0.310 e. The van der Waals surface area contributed by atoms with E-state index in [-0.39, 0.29) is 29.7 Å². The molecule has 356 valence electrons. The van der Waals surface area contributed by atoms with Gasteiger partial charge in [-0.1, -0.05) is 212 Å². The first-order chi connectivity index (χ1) is 39.8. The van der Waals surface area contributed by atoms with Gasteiger partial charge in [0.2, 0.25) is 0 Å². The third kappa shape index (κ3) is 6.94. The highest BCUT2D eigenvalue weighted by Crippen LogP contribution is 2.63. The van der Waals surface area contributed by atoms with Crippen LogP contribution in [0.1, 0.15) is 29.1 Å². The Morgan fingerprint density at radius 1 is 0.289 bits per heavy atom. The van der Waals surface area contributed by atoms with Crippen LogP contribution in [0.2, 0.25) is 0 Å². The summed E-state index contributed by atoms with van der Waals surface area (Å²) in [5.74, 6) is 0. The molecular formula is C73H48N2S. The molecule has 2 nitrogen and oxygen atoms in total. The van der Waals surface area contributed by atoms with E-state index in [1.807, 2.05) is 53.8 Å². The highest BCUT2D eigenvalue weighted by molar-refractivity contribution is 7.26. The first kappa shape index (κ1) is 39.0. The molecule has 0 radical (unpaired) electrons. The Bertz CT molecular complexity index is 4580. The molecule has 2 aliphatic rings. The molecule has 15 rings (SSSR count). The minimum atomic E-state index is -0.548. The van der Waals surface area contributed by atoms with Crippen LogP contribution in [0.3, 0.4) is 0 Å². The van der Waals surface area contributed by atoms with Crippen LogP contribution in [-0.4, -0.2) is 0 Å². The van der Waals surface area contributed by atoms with Crippen molar-refractivity contribution in [3.63, 3.8) is 0 Å². The lowest BCUT2D eigenvalue weighted by molar-refractivity contribution is 0.793. The Morgan fingerprint density at radius 2 is 0.789 bits per heavy atom. The van der Waals surface area contributed by atoms with Crippen molar-refractivity contribution in [2.45, 2.75) is 5.41 Å². The molecule has 0 N–H and O–H groups in total. The normalized spacial score (nSPS) is 13.5. The molecule has 12 aromatic carbocycles. The quantitative estimate of drug-likeness (QED) is 0.142. The molecule has 3 heteroatoms. The molecule has 1 heterocycles. The fourth-order valence-electron chi connectivity index (χ4n) is 12.3. The van der Waals surface area contributed by atoms with Crippen LogP contribution >= 0.6 is 11.3 Å². The summed E-state index contributed by atoms with van der Waals surface area (Å²) < 4.78 is 45.4. The van der Waals surface area contributed by atoms with Crippen molar-refractivity contribution in [1.82, 2.24) is 0 Å². The molecule has 0 saturated carbocycles. The molecule has 13 aromatic rings. The van der Waals surface area contributed by atoms with Crippen LogP contribution in [0, 0.1) is 0 Å². The Hall–Kier alpha value is -9.54. The van der Waals surface area contributed by atoms with Gasteiger partial charge < -0.3 is 9.80 Å². The minimum absolute atomic E-state index is 0.164. The van der Waals surface area contributed by atoms with Crippen LogP contribution in [0.5, 0.6) is 0 Å². The number of para-hydroxylation sites is 2. The van der Waals surface area contributed by atoms with E-state index < -0.39 is 11.5 Å². The number of thiophene rings is 1. The Balaban J connectivity index is 0.964. The summed E-state index contributed by atoms with van der Waals surface area (Å²) in [6.45, 7) is 0. The van der Waals surface area contributed by atoms with Crippen LogP contribution in [0.15, 0.2) is 291 Å². The fourth-order valence-corrected chi connectivity index (χ4v) is 13.5. The van der Waals surface area contributed by atoms with Gasteiger partial charge in [-0.25, -0.2) is 0 Å². The second-order valence-electron chi connectivity index (χ2n) is 19.6. The van der Waals surface area contributed by atoms with Crippen molar-refractivity contribution in [3.8, 4) is 55.6 Å². The predicted octanol–water partition coefficient (Wildman–Crippen LogP) is 20.3. The maximum atomic E-state index is 8.83. The summed E-state index contributed by atoms with van der Waals surface area (Å²) in [7, 11) is 0. The van der Waals surface area contributed by atoms with Gasteiger partial charge in [0.1, 0.15) is 0 Å². The topological polar surface area (TPSA) is 6.48 Å². The molecular weight excluding hydrogens is 937 g/mol. The zero-order chi connectivity index (χ0) is 54.5. The number of rotatable bonds is 9. The van der Waals surface area contributed by atoms with Crippen molar-refractivity contribution in [2.24, 2.45) is 0 Å². The van der Waals surface area contributed by atoms with Gasteiger partial charge in [-0.2, -0.15) is 0 Å². The number of nitrogens with zero attached hydrogens (tertiary/aromatic N) is 2. The van der Waals surface area contributed by atoms with Crippen molar-refractivity contribution in [2.75, 3.05) is 9.80 Å². The molecule has 0 atom stereocenters. The summed E-state index contributed by atoms with van der Waals surface area (Å²) >= 11 is 1.83. The number of benzene rings is 12. The number of hydrogen-bond acceptors (Lipinski definition) is 3. The number of anilines is 6. The SMILES string of the molecule is [2H]c1c([2H])c([2H])c(-c2ccc(N(c3ccccc3)c3cc(-c4cccc(-c5cccc6c5sc5ccccc56)c4)cc(N(c4ccccc4)c4ccc5c(c4)C4(c6ccccc6-c6ccccc64)c4ccccc4-5)c3)cc2)c([2H])c1[2H]. The molecule has 1 aromatic heterocycles. The summed E-state index contributed by atoms with van der Waals surface area (Å²) in [4.78, 5) is 4.63. The second kappa shape index (κ2) is 17.8.